The van der Waals surface area contributed by atoms with E-state index in [-0.39, 0.29) is 22.5 Å². The van der Waals surface area contributed by atoms with Crippen molar-refractivity contribution in [2.24, 2.45) is 16.7 Å². The number of carbonyl (C=O) groups excluding carboxylic acids is 2. The van der Waals surface area contributed by atoms with Crippen molar-refractivity contribution >= 4 is 22.7 Å². The zero-order valence-electron chi connectivity index (χ0n) is 13.6. The number of nitrogens with one attached hydrogen (secondary N) is 1. The fourth-order valence-corrected chi connectivity index (χ4v) is 3.65. The van der Waals surface area contributed by atoms with Gasteiger partial charge in [-0.15, -0.1) is 0 Å². The molecule has 3 rings (SSSR count). The summed E-state index contributed by atoms with van der Waals surface area (Å²) in [6, 6.07) is 5.35. The quantitative estimate of drug-likeness (QED) is 0.692. The molecule has 0 radical (unpaired) electrons. The van der Waals surface area contributed by atoms with E-state index in [1.54, 1.807) is 18.3 Å². The fourth-order valence-electron chi connectivity index (χ4n) is 3.65. The monoisotopic (exact) mass is 299 g/mol. The maximum Gasteiger partial charge on any atom is 0.339 e. The number of carbonyl (C=O) groups is 2. The van der Waals surface area contributed by atoms with Gasteiger partial charge >= 0.3 is 5.97 Å². The minimum Gasteiger partial charge on any atom is -0.465 e. The normalized spacial score (nSPS) is 19.1. The van der Waals surface area contributed by atoms with Crippen molar-refractivity contribution in [1.82, 2.24) is 4.98 Å². The molecule has 4 heteroatoms. The number of aromatic nitrogens is 1. The highest BCUT2D eigenvalue weighted by atomic mass is 16.5. The number of H-pyrrole nitrogens is 1. The van der Waals surface area contributed by atoms with Gasteiger partial charge in [0.05, 0.1) is 18.2 Å². The van der Waals surface area contributed by atoms with E-state index in [0.29, 0.717) is 16.6 Å². The van der Waals surface area contributed by atoms with Gasteiger partial charge in [0.15, 0.2) is 5.78 Å². The van der Waals surface area contributed by atoms with E-state index in [2.05, 4.69) is 32.7 Å². The smallest absolute Gasteiger partial charge is 0.339 e. The average molecular weight is 299 g/mol. The highest BCUT2D eigenvalue weighted by molar-refractivity contribution is 6.14. The zero-order valence-corrected chi connectivity index (χ0v) is 13.6. The van der Waals surface area contributed by atoms with Crippen LogP contribution in [-0.4, -0.2) is 23.8 Å². The van der Waals surface area contributed by atoms with Crippen molar-refractivity contribution in [2.75, 3.05) is 7.11 Å². The van der Waals surface area contributed by atoms with Crippen LogP contribution in [0.4, 0.5) is 0 Å². The Balaban J connectivity index is 2.07. The summed E-state index contributed by atoms with van der Waals surface area (Å²) in [5.74, 6) is -0.262. The van der Waals surface area contributed by atoms with Crippen LogP contribution < -0.4 is 0 Å². The number of ketones is 1. The second-order valence-corrected chi connectivity index (χ2v) is 7.16. The molecule has 1 N–H and O–H groups in total. The maximum absolute atomic E-state index is 12.9. The second kappa shape index (κ2) is 4.45. The molecule has 1 saturated carbocycles. The van der Waals surface area contributed by atoms with Gasteiger partial charge in [0.25, 0.3) is 0 Å². The SMILES string of the molecule is COC(=O)c1cccc2c(C(=O)C3C(C)(C)C3(C)C)c[nH]c12. The molecule has 4 nitrogen and oxygen atoms in total. The van der Waals surface area contributed by atoms with Gasteiger partial charge in [0, 0.05) is 23.1 Å². The van der Waals surface area contributed by atoms with Gasteiger partial charge in [-0.05, 0) is 16.9 Å². The van der Waals surface area contributed by atoms with Crippen LogP contribution in [-0.2, 0) is 4.74 Å². The van der Waals surface area contributed by atoms with Crippen molar-refractivity contribution < 1.29 is 14.3 Å². The number of fused-ring (bicyclic) bond motifs is 1. The lowest BCUT2D eigenvalue weighted by Gasteiger charge is -2.03. The first-order valence-corrected chi connectivity index (χ1v) is 7.46. The molecule has 0 atom stereocenters. The van der Waals surface area contributed by atoms with E-state index in [4.69, 9.17) is 4.74 Å². The largest absolute Gasteiger partial charge is 0.465 e. The van der Waals surface area contributed by atoms with Gasteiger partial charge in [-0.2, -0.15) is 0 Å². The van der Waals surface area contributed by atoms with Gasteiger partial charge in [-0.3, -0.25) is 4.79 Å². The molecule has 0 bridgehead atoms. The van der Waals surface area contributed by atoms with E-state index in [9.17, 15) is 9.59 Å². The lowest BCUT2D eigenvalue weighted by atomic mass is 10.00. The molecule has 1 aliphatic rings. The summed E-state index contributed by atoms with van der Waals surface area (Å²) in [6.07, 6.45) is 1.71. The van der Waals surface area contributed by atoms with Crippen molar-refractivity contribution in [3.63, 3.8) is 0 Å². The molecule has 22 heavy (non-hydrogen) atoms. The Morgan fingerprint density at radius 2 is 1.73 bits per heavy atom. The molecule has 1 aromatic carbocycles. The van der Waals surface area contributed by atoms with Gasteiger partial charge in [0.2, 0.25) is 0 Å². The molecule has 0 unspecified atom stereocenters. The van der Waals surface area contributed by atoms with Crippen molar-refractivity contribution in [2.45, 2.75) is 27.7 Å². The van der Waals surface area contributed by atoms with E-state index < -0.39 is 5.97 Å². The minimum atomic E-state index is -0.404. The number of aromatic amines is 1. The molecule has 1 aromatic heterocycles. The van der Waals surface area contributed by atoms with Crippen LogP contribution in [0.5, 0.6) is 0 Å². The predicted molar refractivity (Wildman–Crippen MR) is 85.0 cm³/mol. The third kappa shape index (κ3) is 1.76. The minimum absolute atomic E-state index is 0.000725. The molecular weight excluding hydrogens is 278 g/mol. The van der Waals surface area contributed by atoms with E-state index >= 15 is 0 Å². The topological polar surface area (TPSA) is 59.2 Å². The van der Waals surface area contributed by atoms with Crippen LogP contribution >= 0.6 is 0 Å². The van der Waals surface area contributed by atoms with Crippen LogP contribution in [0, 0.1) is 16.7 Å². The summed E-state index contributed by atoms with van der Waals surface area (Å²) in [4.78, 5) is 27.8. The number of ether oxygens (including phenoxy) is 1. The van der Waals surface area contributed by atoms with Crippen LogP contribution in [0.15, 0.2) is 24.4 Å². The van der Waals surface area contributed by atoms with Gasteiger partial charge < -0.3 is 9.72 Å². The first kappa shape index (κ1) is 14.8. The van der Waals surface area contributed by atoms with Crippen LogP contribution in [0.1, 0.15) is 48.4 Å². The number of hydrogen-bond donors (Lipinski definition) is 1. The molecular formula is C18H21NO3. The van der Waals surface area contributed by atoms with Gasteiger partial charge in [0.1, 0.15) is 0 Å². The molecule has 1 aliphatic carbocycles. The highest BCUT2D eigenvalue weighted by Crippen LogP contribution is 2.69. The summed E-state index contributed by atoms with van der Waals surface area (Å²) < 4.78 is 4.80. The molecule has 1 heterocycles. The number of Topliss-reactive ketones (excluding diaryl/α,β-unsaturated/α-hetero) is 1. The second-order valence-electron chi connectivity index (χ2n) is 7.16. The van der Waals surface area contributed by atoms with Crippen LogP contribution in [0.25, 0.3) is 10.9 Å². The predicted octanol–water partition coefficient (Wildman–Crippen LogP) is 3.82. The number of para-hydroxylation sites is 1. The van der Waals surface area contributed by atoms with Crippen LogP contribution in [0.2, 0.25) is 0 Å². The summed E-state index contributed by atoms with van der Waals surface area (Å²) in [6.45, 7) is 8.52. The molecule has 0 spiro atoms. The number of esters is 1. The zero-order chi connectivity index (χ0) is 16.3. The summed E-state index contributed by atoms with van der Waals surface area (Å²) in [5, 5.41) is 0.784. The average Bonchev–Trinajstić information content (AvgIpc) is 2.81. The third-order valence-corrected chi connectivity index (χ3v) is 5.67. The molecule has 0 aliphatic heterocycles. The van der Waals surface area contributed by atoms with Crippen LogP contribution in [0.3, 0.4) is 0 Å². The van der Waals surface area contributed by atoms with E-state index in [0.717, 1.165) is 5.39 Å². The molecule has 0 amide bonds. The Kier molecular flexibility index (Phi) is 3.00. The first-order chi connectivity index (χ1) is 10.2. The summed E-state index contributed by atoms with van der Waals surface area (Å²) in [7, 11) is 1.35. The van der Waals surface area contributed by atoms with E-state index in [1.165, 1.54) is 7.11 Å². The van der Waals surface area contributed by atoms with E-state index in [1.807, 2.05) is 6.07 Å². The standard InChI is InChI=1S/C18H21NO3/c1-17(2)15(18(17,3)4)14(20)12-9-19-13-10(12)7-6-8-11(13)16(21)22-5/h6-9,15,19H,1-5H3. The Hall–Kier alpha value is -2.10. The third-order valence-electron chi connectivity index (χ3n) is 5.67. The summed E-state index contributed by atoms with van der Waals surface area (Å²) in [5.41, 5.74) is 1.76. The number of rotatable bonds is 3. The molecule has 1 fully saturated rings. The van der Waals surface area contributed by atoms with Gasteiger partial charge in [-0.1, -0.05) is 39.8 Å². The lowest BCUT2D eigenvalue weighted by Crippen LogP contribution is -2.07. The highest BCUT2D eigenvalue weighted by Gasteiger charge is 2.68. The Labute approximate surface area is 129 Å². The van der Waals surface area contributed by atoms with Gasteiger partial charge in [-0.25, -0.2) is 4.79 Å². The van der Waals surface area contributed by atoms with Crippen molar-refractivity contribution in [3.8, 4) is 0 Å². The number of hydrogen-bond acceptors (Lipinski definition) is 3. The lowest BCUT2D eigenvalue weighted by molar-refractivity contribution is 0.0602. The Bertz CT molecular complexity index is 769. The summed E-state index contributed by atoms with van der Waals surface area (Å²) >= 11 is 0. The number of methoxy groups -OCH3 is 1. The Morgan fingerprint density at radius 3 is 2.27 bits per heavy atom. The molecule has 116 valence electrons. The maximum atomic E-state index is 12.9. The molecule has 2 aromatic rings. The van der Waals surface area contributed by atoms with Crippen molar-refractivity contribution in [3.05, 3.63) is 35.5 Å². The first-order valence-electron chi connectivity index (χ1n) is 7.46. The fraction of sp³-hybridized carbons (Fsp3) is 0.444. The van der Waals surface area contributed by atoms with Crippen molar-refractivity contribution in [1.29, 1.82) is 0 Å². The Morgan fingerprint density at radius 1 is 1.09 bits per heavy atom. The number of benzene rings is 1. The molecule has 0 saturated heterocycles.